The van der Waals surface area contributed by atoms with Gasteiger partial charge in [0.1, 0.15) is 0 Å². The van der Waals surface area contributed by atoms with E-state index >= 15 is 0 Å². The number of amides is 1. The fourth-order valence-electron chi connectivity index (χ4n) is 7.49. The van der Waals surface area contributed by atoms with Crippen LogP contribution in [0.1, 0.15) is 264 Å². The molecule has 4 heteroatoms. The smallest absolute Gasteiger partial charge is 0.220 e. The van der Waals surface area contributed by atoms with Gasteiger partial charge in [-0.05, 0) is 32.1 Å². The zero-order valence-electron chi connectivity index (χ0n) is 36.1. The number of aliphatic hydroxyl groups excluding tert-OH is 2. The van der Waals surface area contributed by atoms with Gasteiger partial charge in [0.25, 0.3) is 0 Å². The Kier molecular flexibility index (Phi) is 44.3. The molecule has 0 heterocycles. The first-order valence-corrected chi connectivity index (χ1v) is 24.1. The van der Waals surface area contributed by atoms with Crippen molar-refractivity contribution in [3.05, 3.63) is 24.3 Å². The molecule has 53 heavy (non-hydrogen) atoms. The molecule has 2 atom stereocenters. The molecule has 1 amide bonds. The lowest BCUT2D eigenvalue weighted by Crippen LogP contribution is -2.45. The van der Waals surface area contributed by atoms with Crippen LogP contribution < -0.4 is 5.32 Å². The maximum atomic E-state index is 12.2. The fourth-order valence-corrected chi connectivity index (χ4v) is 7.49. The van der Waals surface area contributed by atoms with Crippen molar-refractivity contribution in [1.82, 2.24) is 5.32 Å². The minimum Gasteiger partial charge on any atom is -0.394 e. The highest BCUT2D eigenvalue weighted by Gasteiger charge is 2.17. The van der Waals surface area contributed by atoms with Crippen LogP contribution in [0.2, 0.25) is 0 Å². The largest absolute Gasteiger partial charge is 0.394 e. The molecule has 314 valence electrons. The first-order chi connectivity index (χ1) is 26.2. The zero-order valence-corrected chi connectivity index (χ0v) is 36.1. The summed E-state index contributed by atoms with van der Waals surface area (Å²) < 4.78 is 0. The van der Waals surface area contributed by atoms with Gasteiger partial charge in [-0.15, -0.1) is 0 Å². The quantitative estimate of drug-likeness (QED) is 0.0430. The van der Waals surface area contributed by atoms with Crippen LogP contribution >= 0.6 is 0 Å². The maximum Gasteiger partial charge on any atom is 0.220 e. The summed E-state index contributed by atoms with van der Waals surface area (Å²) in [7, 11) is 0. The molecule has 0 spiro atoms. The average Bonchev–Trinajstić information content (AvgIpc) is 3.16. The summed E-state index contributed by atoms with van der Waals surface area (Å²) in [6.45, 7) is 4.28. The van der Waals surface area contributed by atoms with E-state index in [0.717, 1.165) is 32.1 Å². The Morgan fingerprint density at radius 3 is 1.09 bits per heavy atom. The summed E-state index contributed by atoms with van der Waals surface area (Å²) in [5, 5.41) is 22.9. The van der Waals surface area contributed by atoms with Gasteiger partial charge >= 0.3 is 0 Å². The van der Waals surface area contributed by atoms with E-state index in [1.165, 1.54) is 212 Å². The Hall–Kier alpha value is -1.13. The summed E-state index contributed by atoms with van der Waals surface area (Å²) in [5.74, 6) is -0.0772. The first kappa shape index (κ1) is 51.9. The first-order valence-electron chi connectivity index (χ1n) is 24.1. The standard InChI is InChI=1S/C49H95NO3/c1-3-5-7-9-11-13-14-15-16-17-18-19-20-21-22-23-24-25-26-27-28-29-30-31-32-33-34-35-36-37-38-40-42-44-48(52)47(46-51)50-49(53)45-43-41-39-12-10-8-6-4-2/h36-37,42,44,47-48,51-52H,3-35,38-41,43,45-46H2,1-2H3,(H,50,53)/b37-36+,44-42+. The minimum absolute atomic E-state index is 0.0772. The molecule has 0 aliphatic carbocycles. The van der Waals surface area contributed by atoms with Crippen molar-refractivity contribution < 1.29 is 15.0 Å². The number of rotatable bonds is 44. The number of nitrogens with one attached hydrogen (secondary N) is 1. The van der Waals surface area contributed by atoms with Crippen LogP contribution in [-0.2, 0) is 4.79 Å². The molecule has 0 saturated heterocycles. The Bertz CT molecular complexity index is 765. The van der Waals surface area contributed by atoms with E-state index in [2.05, 4.69) is 31.3 Å². The van der Waals surface area contributed by atoms with Gasteiger partial charge in [-0.3, -0.25) is 4.79 Å². The normalized spacial score (nSPS) is 13.1. The second kappa shape index (κ2) is 45.3. The van der Waals surface area contributed by atoms with Gasteiger partial charge in [-0.1, -0.05) is 250 Å². The van der Waals surface area contributed by atoms with E-state index in [4.69, 9.17) is 0 Å². The summed E-state index contributed by atoms with van der Waals surface area (Å²) in [6, 6.07) is -0.633. The average molecular weight is 746 g/mol. The number of aliphatic hydroxyl groups is 2. The van der Waals surface area contributed by atoms with Crippen LogP contribution in [0.5, 0.6) is 0 Å². The van der Waals surface area contributed by atoms with E-state index in [9.17, 15) is 15.0 Å². The van der Waals surface area contributed by atoms with Crippen molar-refractivity contribution in [1.29, 1.82) is 0 Å². The molecule has 0 aliphatic rings. The molecule has 0 aromatic heterocycles. The molecule has 2 unspecified atom stereocenters. The van der Waals surface area contributed by atoms with Gasteiger partial charge in [-0.25, -0.2) is 0 Å². The van der Waals surface area contributed by atoms with E-state index in [0.29, 0.717) is 6.42 Å². The number of allylic oxidation sites excluding steroid dienone is 3. The number of hydrogen-bond acceptors (Lipinski definition) is 3. The zero-order chi connectivity index (χ0) is 38.6. The van der Waals surface area contributed by atoms with Crippen molar-refractivity contribution >= 4 is 5.91 Å². The second-order valence-corrected chi connectivity index (χ2v) is 16.5. The fraction of sp³-hybridized carbons (Fsp3) is 0.898. The van der Waals surface area contributed by atoms with Gasteiger partial charge in [0.2, 0.25) is 5.91 Å². The highest BCUT2D eigenvalue weighted by atomic mass is 16.3. The number of unbranched alkanes of at least 4 members (excludes halogenated alkanes) is 35. The minimum atomic E-state index is -0.857. The summed E-state index contributed by atoms with van der Waals surface area (Å²) >= 11 is 0. The Labute approximate surface area is 332 Å². The van der Waals surface area contributed by atoms with Gasteiger partial charge in [-0.2, -0.15) is 0 Å². The highest BCUT2D eigenvalue weighted by molar-refractivity contribution is 5.76. The third-order valence-corrected chi connectivity index (χ3v) is 11.2. The van der Waals surface area contributed by atoms with Crippen LogP contribution in [0, 0.1) is 0 Å². The molecule has 0 aromatic rings. The van der Waals surface area contributed by atoms with Gasteiger partial charge in [0.15, 0.2) is 0 Å². The van der Waals surface area contributed by atoms with Crippen molar-refractivity contribution in [2.24, 2.45) is 0 Å². The number of hydrogen-bond donors (Lipinski definition) is 3. The van der Waals surface area contributed by atoms with Crippen molar-refractivity contribution in [2.45, 2.75) is 276 Å². The van der Waals surface area contributed by atoms with Gasteiger partial charge in [0, 0.05) is 6.42 Å². The molecule has 0 rings (SSSR count). The van der Waals surface area contributed by atoms with Crippen LogP contribution in [0.15, 0.2) is 24.3 Å². The van der Waals surface area contributed by atoms with Crippen molar-refractivity contribution in [2.75, 3.05) is 6.61 Å². The Morgan fingerprint density at radius 2 is 0.736 bits per heavy atom. The lowest BCUT2D eigenvalue weighted by molar-refractivity contribution is -0.123. The van der Waals surface area contributed by atoms with E-state index < -0.39 is 12.1 Å². The molecule has 0 saturated carbocycles. The second-order valence-electron chi connectivity index (χ2n) is 16.5. The van der Waals surface area contributed by atoms with Gasteiger partial charge in [0.05, 0.1) is 18.8 Å². The molecule has 0 aliphatic heterocycles. The lowest BCUT2D eigenvalue weighted by atomic mass is 10.0. The molecule has 0 fully saturated rings. The number of carbonyl (C=O) groups excluding carboxylic acids is 1. The van der Waals surface area contributed by atoms with Crippen LogP contribution in [0.3, 0.4) is 0 Å². The SMILES string of the molecule is CCCCCCCCCCCCCCCCCCCCCCCCCCCCC/C=C/CC/C=C/C(O)C(CO)NC(=O)CCCCCCCCCC. The van der Waals surface area contributed by atoms with Crippen LogP contribution in [0.25, 0.3) is 0 Å². The van der Waals surface area contributed by atoms with Crippen LogP contribution in [-0.4, -0.2) is 34.9 Å². The van der Waals surface area contributed by atoms with E-state index in [1.807, 2.05) is 6.08 Å². The Balaban J connectivity index is 3.42. The Morgan fingerprint density at radius 1 is 0.434 bits per heavy atom. The maximum absolute atomic E-state index is 12.2. The highest BCUT2D eigenvalue weighted by Crippen LogP contribution is 2.17. The number of carbonyl (C=O) groups is 1. The van der Waals surface area contributed by atoms with Crippen LogP contribution in [0.4, 0.5) is 0 Å². The molecular weight excluding hydrogens is 651 g/mol. The predicted octanol–water partition coefficient (Wildman–Crippen LogP) is 15.2. The van der Waals surface area contributed by atoms with Crippen molar-refractivity contribution in [3.63, 3.8) is 0 Å². The molecule has 3 N–H and O–H groups in total. The summed E-state index contributed by atoms with van der Waals surface area (Å²) in [4.78, 5) is 12.2. The molecular formula is C49H95NO3. The summed E-state index contributed by atoms with van der Waals surface area (Å²) in [6.07, 6.45) is 59.1. The molecule has 0 aromatic carbocycles. The lowest BCUT2D eigenvalue weighted by Gasteiger charge is -2.19. The monoisotopic (exact) mass is 746 g/mol. The molecule has 0 radical (unpaired) electrons. The third-order valence-electron chi connectivity index (χ3n) is 11.2. The molecule has 0 bridgehead atoms. The third kappa shape index (κ3) is 41.9. The van der Waals surface area contributed by atoms with E-state index in [1.54, 1.807) is 6.08 Å². The topological polar surface area (TPSA) is 69.6 Å². The van der Waals surface area contributed by atoms with E-state index in [-0.39, 0.29) is 12.5 Å². The van der Waals surface area contributed by atoms with Gasteiger partial charge < -0.3 is 15.5 Å². The molecule has 4 nitrogen and oxygen atoms in total. The predicted molar refractivity (Wildman–Crippen MR) is 235 cm³/mol. The van der Waals surface area contributed by atoms with Crippen molar-refractivity contribution in [3.8, 4) is 0 Å². The summed E-state index contributed by atoms with van der Waals surface area (Å²) in [5.41, 5.74) is 0.